The van der Waals surface area contributed by atoms with Gasteiger partial charge < -0.3 is 15.3 Å². The lowest BCUT2D eigenvalue weighted by Crippen LogP contribution is -2.38. The van der Waals surface area contributed by atoms with Gasteiger partial charge in [0.25, 0.3) is 0 Å². The number of carboxylic acids is 1. The first-order valence-electron chi connectivity index (χ1n) is 6.22. The minimum absolute atomic E-state index is 0.0728. The van der Waals surface area contributed by atoms with E-state index in [4.69, 9.17) is 5.11 Å². The maximum absolute atomic E-state index is 13.6. The SMILES string of the molecule is CC1=CCCN(C(=O)Nc2cc(C(=O)O)ccc2F)C1. The van der Waals surface area contributed by atoms with E-state index in [9.17, 15) is 14.0 Å². The van der Waals surface area contributed by atoms with Crippen molar-refractivity contribution in [3.05, 3.63) is 41.2 Å². The summed E-state index contributed by atoms with van der Waals surface area (Å²) in [5, 5.41) is 11.3. The van der Waals surface area contributed by atoms with Gasteiger partial charge in [0.15, 0.2) is 0 Å². The number of amides is 2. The molecule has 1 aromatic carbocycles. The van der Waals surface area contributed by atoms with Crippen LogP contribution < -0.4 is 5.32 Å². The van der Waals surface area contributed by atoms with Gasteiger partial charge >= 0.3 is 12.0 Å². The summed E-state index contributed by atoms with van der Waals surface area (Å²) in [4.78, 5) is 24.4. The van der Waals surface area contributed by atoms with E-state index >= 15 is 0 Å². The summed E-state index contributed by atoms with van der Waals surface area (Å²) in [5.41, 5.74) is 0.879. The number of carboxylic acid groups (broad SMARTS) is 1. The van der Waals surface area contributed by atoms with Crippen molar-refractivity contribution in [1.82, 2.24) is 4.90 Å². The number of rotatable bonds is 2. The van der Waals surface area contributed by atoms with Crippen LogP contribution in [0, 0.1) is 5.82 Å². The largest absolute Gasteiger partial charge is 0.478 e. The van der Waals surface area contributed by atoms with E-state index in [1.54, 1.807) is 4.90 Å². The van der Waals surface area contributed by atoms with Crippen molar-refractivity contribution >= 4 is 17.7 Å². The third-order valence-electron chi connectivity index (χ3n) is 3.07. The van der Waals surface area contributed by atoms with Gasteiger partial charge in [0.2, 0.25) is 0 Å². The Morgan fingerprint density at radius 3 is 2.80 bits per heavy atom. The van der Waals surface area contributed by atoms with Gasteiger partial charge in [-0.3, -0.25) is 0 Å². The van der Waals surface area contributed by atoms with E-state index < -0.39 is 17.8 Å². The number of urea groups is 1. The molecule has 1 aliphatic heterocycles. The van der Waals surface area contributed by atoms with Crippen LogP contribution in [0.15, 0.2) is 29.8 Å². The summed E-state index contributed by atoms with van der Waals surface area (Å²) in [6, 6.07) is 2.86. The number of nitrogens with one attached hydrogen (secondary N) is 1. The average molecular weight is 278 g/mol. The molecule has 6 heteroatoms. The molecule has 20 heavy (non-hydrogen) atoms. The highest BCUT2D eigenvalue weighted by Crippen LogP contribution is 2.18. The van der Waals surface area contributed by atoms with Crippen LogP contribution in [-0.2, 0) is 0 Å². The molecular formula is C14H15FN2O3. The number of hydrogen-bond acceptors (Lipinski definition) is 2. The van der Waals surface area contributed by atoms with Gasteiger partial charge in [-0.05, 0) is 31.5 Å². The molecule has 0 bridgehead atoms. The van der Waals surface area contributed by atoms with Crippen LogP contribution in [0.4, 0.5) is 14.9 Å². The number of halogens is 1. The summed E-state index contributed by atoms with van der Waals surface area (Å²) < 4.78 is 13.6. The maximum Gasteiger partial charge on any atom is 0.335 e. The fourth-order valence-electron chi connectivity index (χ4n) is 2.03. The number of anilines is 1. The van der Waals surface area contributed by atoms with E-state index in [0.29, 0.717) is 13.1 Å². The molecule has 2 amide bonds. The predicted octanol–water partition coefficient (Wildman–Crippen LogP) is 2.71. The van der Waals surface area contributed by atoms with Crippen LogP contribution in [-0.4, -0.2) is 35.1 Å². The zero-order chi connectivity index (χ0) is 14.7. The van der Waals surface area contributed by atoms with Crippen molar-refractivity contribution in [2.45, 2.75) is 13.3 Å². The van der Waals surface area contributed by atoms with E-state index in [-0.39, 0.29) is 11.3 Å². The van der Waals surface area contributed by atoms with Gasteiger partial charge in [-0.2, -0.15) is 0 Å². The molecule has 0 spiro atoms. The van der Waals surface area contributed by atoms with E-state index in [2.05, 4.69) is 11.4 Å². The second-order valence-electron chi connectivity index (χ2n) is 4.69. The van der Waals surface area contributed by atoms with Crippen molar-refractivity contribution in [3.63, 3.8) is 0 Å². The summed E-state index contributed by atoms with van der Waals surface area (Å²) in [6.07, 6.45) is 2.81. The van der Waals surface area contributed by atoms with Crippen LogP contribution in [0.2, 0.25) is 0 Å². The van der Waals surface area contributed by atoms with Crippen LogP contribution >= 0.6 is 0 Å². The van der Waals surface area contributed by atoms with Crippen molar-refractivity contribution in [2.24, 2.45) is 0 Å². The Kier molecular flexibility index (Phi) is 4.02. The first-order valence-corrected chi connectivity index (χ1v) is 6.22. The predicted molar refractivity (Wildman–Crippen MR) is 72.3 cm³/mol. The molecule has 0 atom stereocenters. The molecule has 5 nitrogen and oxygen atoms in total. The van der Waals surface area contributed by atoms with Crippen molar-refractivity contribution < 1.29 is 19.1 Å². The van der Waals surface area contributed by atoms with E-state index in [1.807, 2.05) is 6.92 Å². The topological polar surface area (TPSA) is 69.6 Å². The molecule has 1 heterocycles. The normalized spacial score (nSPS) is 14.7. The van der Waals surface area contributed by atoms with Gasteiger partial charge in [0, 0.05) is 13.1 Å². The minimum atomic E-state index is -1.17. The van der Waals surface area contributed by atoms with Crippen molar-refractivity contribution in [2.75, 3.05) is 18.4 Å². The van der Waals surface area contributed by atoms with Gasteiger partial charge in [-0.25, -0.2) is 14.0 Å². The third-order valence-corrected chi connectivity index (χ3v) is 3.07. The van der Waals surface area contributed by atoms with E-state index in [1.165, 1.54) is 0 Å². The number of nitrogens with zero attached hydrogens (tertiary/aromatic N) is 1. The Morgan fingerprint density at radius 2 is 2.15 bits per heavy atom. The van der Waals surface area contributed by atoms with Gasteiger partial charge in [-0.1, -0.05) is 11.6 Å². The molecular weight excluding hydrogens is 263 g/mol. The van der Waals surface area contributed by atoms with Crippen LogP contribution in [0.25, 0.3) is 0 Å². The number of benzene rings is 1. The molecule has 2 rings (SSSR count). The zero-order valence-corrected chi connectivity index (χ0v) is 11.0. The third kappa shape index (κ3) is 3.14. The molecule has 0 saturated carbocycles. The molecule has 0 radical (unpaired) electrons. The zero-order valence-electron chi connectivity index (χ0n) is 11.0. The molecule has 1 aromatic rings. The molecule has 0 saturated heterocycles. The Labute approximate surface area is 115 Å². The van der Waals surface area contributed by atoms with Crippen LogP contribution in [0.1, 0.15) is 23.7 Å². The number of hydrogen-bond donors (Lipinski definition) is 2. The average Bonchev–Trinajstić information content (AvgIpc) is 2.41. The Morgan fingerprint density at radius 1 is 1.40 bits per heavy atom. The summed E-state index contributed by atoms with van der Waals surface area (Å²) >= 11 is 0. The van der Waals surface area contributed by atoms with Gasteiger partial charge in [0.1, 0.15) is 5.82 Å². The highest BCUT2D eigenvalue weighted by atomic mass is 19.1. The second kappa shape index (κ2) is 5.73. The van der Waals surface area contributed by atoms with Gasteiger partial charge in [0.05, 0.1) is 11.3 Å². The molecule has 1 aliphatic rings. The lowest BCUT2D eigenvalue weighted by molar-refractivity contribution is 0.0697. The van der Waals surface area contributed by atoms with E-state index in [0.717, 1.165) is 30.2 Å². The quantitative estimate of drug-likeness (QED) is 0.817. The highest BCUT2D eigenvalue weighted by molar-refractivity contribution is 5.93. The Bertz CT molecular complexity index is 584. The maximum atomic E-state index is 13.6. The summed E-state index contributed by atoms with van der Waals surface area (Å²) in [5.74, 6) is -1.83. The molecule has 2 N–H and O–H groups in total. The molecule has 0 unspecified atom stereocenters. The molecule has 0 fully saturated rings. The Hall–Kier alpha value is -2.37. The second-order valence-corrected chi connectivity index (χ2v) is 4.69. The molecule has 0 aliphatic carbocycles. The minimum Gasteiger partial charge on any atom is -0.478 e. The van der Waals surface area contributed by atoms with Crippen molar-refractivity contribution in [1.29, 1.82) is 0 Å². The fourth-order valence-corrected chi connectivity index (χ4v) is 2.03. The summed E-state index contributed by atoms with van der Waals surface area (Å²) in [6.45, 7) is 2.97. The summed E-state index contributed by atoms with van der Waals surface area (Å²) in [7, 11) is 0. The number of carbonyl (C=O) groups excluding carboxylic acids is 1. The van der Waals surface area contributed by atoms with Crippen LogP contribution in [0.5, 0.6) is 0 Å². The van der Waals surface area contributed by atoms with Gasteiger partial charge in [-0.15, -0.1) is 0 Å². The fraction of sp³-hybridized carbons (Fsp3) is 0.286. The monoisotopic (exact) mass is 278 g/mol. The number of aromatic carboxylic acids is 1. The lowest BCUT2D eigenvalue weighted by atomic mass is 10.1. The lowest BCUT2D eigenvalue weighted by Gasteiger charge is -2.26. The standard InChI is InChI=1S/C14H15FN2O3/c1-9-3-2-6-17(8-9)14(20)16-12-7-10(13(18)19)4-5-11(12)15/h3-5,7H,2,6,8H2,1H3,(H,16,20)(H,18,19). The number of carbonyl (C=O) groups is 2. The van der Waals surface area contributed by atoms with Crippen molar-refractivity contribution in [3.8, 4) is 0 Å². The first-order chi connectivity index (χ1) is 9.47. The first kappa shape index (κ1) is 14.0. The molecule has 0 aromatic heterocycles. The van der Waals surface area contributed by atoms with Crippen LogP contribution in [0.3, 0.4) is 0 Å². The molecule has 106 valence electrons. The Balaban J connectivity index is 2.13. The smallest absolute Gasteiger partial charge is 0.335 e. The highest BCUT2D eigenvalue weighted by Gasteiger charge is 2.18.